The van der Waals surface area contributed by atoms with Gasteiger partial charge in [0.1, 0.15) is 23.3 Å². The smallest absolute Gasteiger partial charge is 0.148 e. The first-order valence-electron chi connectivity index (χ1n) is 16.2. The van der Waals surface area contributed by atoms with Gasteiger partial charge in [-0.25, -0.2) is 27.8 Å². The maximum Gasteiger partial charge on any atom is 0.148 e. The summed E-state index contributed by atoms with van der Waals surface area (Å²) in [7, 11) is 4.21. The molecule has 2 aliphatic heterocycles. The summed E-state index contributed by atoms with van der Waals surface area (Å²) >= 11 is 0. The second-order valence-corrected chi connectivity index (χ2v) is 12.7. The molecule has 2 N–H and O–H groups in total. The van der Waals surface area contributed by atoms with E-state index in [1.54, 1.807) is 45.7 Å². The maximum absolute atomic E-state index is 15.9. The summed E-state index contributed by atoms with van der Waals surface area (Å²) < 4.78 is 35.3. The van der Waals surface area contributed by atoms with Crippen LogP contribution in [0.2, 0.25) is 0 Å². The zero-order valence-corrected chi connectivity index (χ0v) is 29.4. The highest BCUT2D eigenvalue weighted by atomic mass is 35.5. The van der Waals surface area contributed by atoms with Crippen molar-refractivity contribution in [1.82, 2.24) is 39.0 Å². The summed E-state index contributed by atoms with van der Waals surface area (Å²) in [6.45, 7) is 7.09. The van der Waals surface area contributed by atoms with Crippen LogP contribution in [0.1, 0.15) is 17.2 Å². The quantitative estimate of drug-likeness (QED) is 0.261. The van der Waals surface area contributed by atoms with Crippen molar-refractivity contribution in [3.8, 4) is 22.5 Å². The summed E-state index contributed by atoms with van der Waals surface area (Å²) in [4.78, 5) is 18.9. The molecule has 0 unspecified atom stereocenters. The van der Waals surface area contributed by atoms with Crippen LogP contribution >= 0.6 is 24.8 Å². The van der Waals surface area contributed by atoms with Crippen LogP contribution < -0.4 is 15.5 Å². The minimum atomic E-state index is -1.02. The van der Waals surface area contributed by atoms with E-state index in [4.69, 9.17) is 15.7 Å². The number of nitrogens with two attached hydrogens (primary N) is 1. The molecule has 4 aromatic heterocycles. The molecule has 0 aliphatic carbocycles. The normalized spacial score (nSPS) is 15.9. The summed E-state index contributed by atoms with van der Waals surface area (Å²) in [5.41, 5.74) is 10.9. The van der Waals surface area contributed by atoms with Gasteiger partial charge in [0.05, 0.1) is 53.3 Å². The number of nitrogens with zero attached hydrogens (tertiary/aromatic N) is 10. The molecule has 6 heterocycles. The van der Waals surface area contributed by atoms with Crippen molar-refractivity contribution in [3.05, 3.63) is 96.1 Å². The molecule has 2 aliphatic rings. The van der Waals surface area contributed by atoms with Crippen molar-refractivity contribution in [2.24, 2.45) is 5.73 Å². The molecule has 50 heavy (non-hydrogen) atoms. The van der Waals surface area contributed by atoms with Gasteiger partial charge in [0.2, 0.25) is 0 Å². The standard InChI is InChI=1S/C35H37F2N11.2ClH/c1-43-11-15-45(16-12-43)31-21-47-29(7-9-39-47)34(41-31)23-3-5-25(27(36)19-23)33(38)26-6-4-24(20-28(26)37)35-30-8-10-40-48(30)22-32(42-35)46-17-13-44(2)14-18-46;;/h3-10,19-22,33H,11-18,38H2,1-2H3;2*1H. The number of rotatable bonds is 6. The molecule has 15 heteroatoms. The van der Waals surface area contributed by atoms with Crippen LogP contribution in [0, 0.1) is 11.6 Å². The zero-order chi connectivity index (χ0) is 32.9. The van der Waals surface area contributed by atoms with Crippen molar-refractivity contribution in [1.29, 1.82) is 0 Å². The van der Waals surface area contributed by atoms with Gasteiger partial charge in [-0.1, -0.05) is 24.3 Å². The Morgan fingerprint density at radius 2 is 1.00 bits per heavy atom. The molecule has 8 rings (SSSR count). The predicted molar refractivity (Wildman–Crippen MR) is 197 cm³/mol. The Balaban J connectivity index is 0.00000216. The summed E-state index contributed by atoms with van der Waals surface area (Å²) in [5.74, 6) is 0.509. The third-order valence-electron chi connectivity index (χ3n) is 9.63. The van der Waals surface area contributed by atoms with Crippen LogP contribution in [0.3, 0.4) is 0 Å². The fraction of sp³-hybridized carbons (Fsp3) is 0.314. The van der Waals surface area contributed by atoms with Gasteiger partial charge in [0.15, 0.2) is 0 Å². The van der Waals surface area contributed by atoms with E-state index in [9.17, 15) is 0 Å². The van der Waals surface area contributed by atoms with Crippen LogP contribution in [-0.4, -0.2) is 105 Å². The molecule has 2 aromatic carbocycles. The largest absolute Gasteiger partial charge is 0.353 e. The summed E-state index contributed by atoms with van der Waals surface area (Å²) in [6.07, 6.45) is 7.23. The van der Waals surface area contributed by atoms with Crippen LogP contribution in [-0.2, 0) is 0 Å². The Labute approximate surface area is 301 Å². The van der Waals surface area contributed by atoms with Crippen molar-refractivity contribution in [3.63, 3.8) is 0 Å². The second-order valence-electron chi connectivity index (χ2n) is 12.7. The Kier molecular flexibility index (Phi) is 10.2. The number of aromatic nitrogens is 6. The van der Waals surface area contributed by atoms with E-state index in [1.165, 1.54) is 12.1 Å². The lowest BCUT2D eigenvalue weighted by atomic mass is 9.95. The van der Waals surface area contributed by atoms with Crippen molar-refractivity contribution in [2.45, 2.75) is 6.04 Å². The van der Waals surface area contributed by atoms with Gasteiger partial charge >= 0.3 is 0 Å². The number of benzene rings is 2. The third kappa shape index (κ3) is 6.59. The Bertz CT molecular complexity index is 1970. The van der Waals surface area contributed by atoms with Crippen LogP contribution in [0.25, 0.3) is 33.5 Å². The molecule has 2 fully saturated rings. The van der Waals surface area contributed by atoms with Crippen LogP contribution in [0.4, 0.5) is 20.4 Å². The minimum Gasteiger partial charge on any atom is -0.353 e. The van der Waals surface area contributed by atoms with Crippen LogP contribution in [0.15, 0.2) is 73.3 Å². The summed E-state index contributed by atoms with van der Waals surface area (Å²) in [6, 6.07) is 12.4. The molecule has 0 atom stereocenters. The van der Waals surface area contributed by atoms with E-state index in [1.807, 2.05) is 24.5 Å². The number of likely N-dealkylation sites (N-methyl/N-ethyl adjacent to an activating group) is 2. The molecular weight excluding hydrogens is 683 g/mol. The van der Waals surface area contributed by atoms with Gasteiger partial charge < -0.3 is 25.3 Å². The Hall–Kier alpha value is -4.40. The van der Waals surface area contributed by atoms with Crippen molar-refractivity contribution >= 4 is 47.5 Å². The van der Waals surface area contributed by atoms with Crippen LogP contribution in [0.5, 0.6) is 0 Å². The minimum absolute atomic E-state index is 0. The molecule has 0 bridgehead atoms. The molecule has 0 spiro atoms. The first-order valence-corrected chi connectivity index (χ1v) is 16.2. The number of piperazine rings is 2. The first-order chi connectivity index (χ1) is 23.3. The number of hydrogen-bond acceptors (Lipinski definition) is 9. The third-order valence-corrected chi connectivity index (χ3v) is 9.63. The van der Waals surface area contributed by atoms with Gasteiger partial charge in [0, 0.05) is 74.6 Å². The monoisotopic (exact) mass is 721 g/mol. The van der Waals surface area contributed by atoms with E-state index in [0.717, 1.165) is 75.0 Å². The number of hydrogen-bond donors (Lipinski definition) is 1. The molecule has 262 valence electrons. The fourth-order valence-electron chi connectivity index (χ4n) is 6.65. The second kappa shape index (κ2) is 14.4. The zero-order valence-electron chi connectivity index (χ0n) is 27.8. The lowest BCUT2D eigenvalue weighted by Crippen LogP contribution is -2.44. The molecule has 11 nitrogen and oxygen atoms in total. The highest BCUT2D eigenvalue weighted by Crippen LogP contribution is 2.33. The first kappa shape index (κ1) is 35.4. The highest BCUT2D eigenvalue weighted by molar-refractivity contribution is 5.85. The van der Waals surface area contributed by atoms with Gasteiger partial charge in [-0.2, -0.15) is 10.2 Å². The molecular formula is C35H39Cl2F2N11. The van der Waals surface area contributed by atoms with Gasteiger partial charge in [-0.3, -0.25) is 0 Å². The molecule has 6 aromatic rings. The topological polar surface area (TPSA) is 99.4 Å². The van der Waals surface area contributed by atoms with E-state index in [-0.39, 0.29) is 35.9 Å². The van der Waals surface area contributed by atoms with E-state index < -0.39 is 17.7 Å². The highest BCUT2D eigenvalue weighted by Gasteiger charge is 2.23. The lowest BCUT2D eigenvalue weighted by molar-refractivity contribution is 0.312. The molecule has 0 radical (unpaired) electrons. The SMILES string of the molecule is CN1CCN(c2cn3nccc3c(-c3ccc(C(N)c4ccc(-c5nc(N6CCN(C)CC6)cn6nccc56)cc4F)c(F)c3)n2)CC1.Cl.Cl. The predicted octanol–water partition coefficient (Wildman–Crippen LogP) is 4.78. The van der Waals surface area contributed by atoms with E-state index in [0.29, 0.717) is 22.5 Å². The van der Waals surface area contributed by atoms with Gasteiger partial charge in [-0.15, -0.1) is 24.8 Å². The average Bonchev–Trinajstić information content (AvgIpc) is 3.78. The van der Waals surface area contributed by atoms with Crippen molar-refractivity contribution < 1.29 is 8.78 Å². The Morgan fingerprint density at radius 3 is 1.38 bits per heavy atom. The van der Waals surface area contributed by atoms with Gasteiger partial charge in [-0.05, 0) is 38.4 Å². The van der Waals surface area contributed by atoms with Gasteiger partial charge in [0.25, 0.3) is 0 Å². The lowest BCUT2D eigenvalue weighted by Gasteiger charge is -2.33. The average molecular weight is 723 g/mol. The molecule has 2 saturated heterocycles. The molecule has 0 saturated carbocycles. The fourth-order valence-corrected chi connectivity index (χ4v) is 6.65. The number of anilines is 2. The maximum atomic E-state index is 15.9. The Morgan fingerprint density at radius 1 is 0.600 bits per heavy atom. The number of fused-ring (bicyclic) bond motifs is 2. The molecule has 0 amide bonds. The number of halogens is 4. The van der Waals surface area contributed by atoms with E-state index in [2.05, 4.69) is 43.9 Å². The van der Waals surface area contributed by atoms with E-state index >= 15 is 8.78 Å². The summed E-state index contributed by atoms with van der Waals surface area (Å²) in [5, 5.41) is 8.87. The van der Waals surface area contributed by atoms with Crippen molar-refractivity contribution in [2.75, 3.05) is 76.3 Å².